The van der Waals surface area contributed by atoms with Crippen molar-refractivity contribution in [2.24, 2.45) is 0 Å². The first-order valence-corrected chi connectivity index (χ1v) is 7.39. The van der Waals surface area contributed by atoms with Crippen LogP contribution in [-0.4, -0.2) is 27.3 Å². The Morgan fingerprint density at radius 2 is 1.83 bits per heavy atom. The van der Waals surface area contributed by atoms with E-state index in [0.717, 1.165) is 28.5 Å². The van der Waals surface area contributed by atoms with Crippen LogP contribution in [0.5, 0.6) is 5.75 Å². The molecule has 0 bridgehead atoms. The minimum Gasteiger partial charge on any atom is -0.497 e. The predicted molar refractivity (Wildman–Crippen MR) is 89.4 cm³/mol. The van der Waals surface area contributed by atoms with Crippen LogP contribution in [0.15, 0.2) is 42.6 Å². The Hall–Kier alpha value is -2.60. The van der Waals surface area contributed by atoms with Crippen LogP contribution < -0.4 is 10.2 Å². The Kier molecular flexibility index (Phi) is 3.92. The van der Waals surface area contributed by atoms with Gasteiger partial charge in [-0.25, -0.2) is 10.5 Å². The number of hydrogen-bond acceptors (Lipinski definition) is 5. The highest BCUT2D eigenvalue weighted by Gasteiger charge is 2.13. The molecule has 23 heavy (non-hydrogen) atoms. The summed E-state index contributed by atoms with van der Waals surface area (Å²) in [7, 11) is 1.65. The number of aromatic nitrogens is 3. The van der Waals surface area contributed by atoms with E-state index in [1.54, 1.807) is 17.8 Å². The van der Waals surface area contributed by atoms with Crippen LogP contribution >= 0.6 is 0 Å². The SMILES string of the molecule is COc1ccc(-c2cc(NOC(C)(C)C)n3nccc3n2)cc1. The summed E-state index contributed by atoms with van der Waals surface area (Å²) in [5.74, 6) is 1.54. The minimum absolute atomic E-state index is 0.316. The molecule has 0 aliphatic rings. The second kappa shape index (κ2) is 5.89. The van der Waals surface area contributed by atoms with E-state index >= 15 is 0 Å². The van der Waals surface area contributed by atoms with E-state index in [4.69, 9.17) is 9.57 Å². The Morgan fingerprint density at radius 1 is 1.09 bits per heavy atom. The molecule has 0 saturated heterocycles. The lowest BCUT2D eigenvalue weighted by molar-refractivity contribution is 0.0363. The zero-order valence-electron chi connectivity index (χ0n) is 13.7. The average molecular weight is 312 g/mol. The van der Waals surface area contributed by atoms with Crippen molar-refractivity contribution in [2.45, 2.75) is 26.4 Å². The second-order valence-electron chi connectivity index (χ2n) is 6.17. The van der Waals surface area contributed by atoms with Gasteiger partial charge in [0.25, 0.3) is 0 Å². The van der Waals surface area contributed by atoms with E-state index in [2.05, 4.69) is 15.6 Å². The highest BCUT2D eigenvalue weighted by molar-refractivity contribution is 5.66. The van der Waals surface area contributed by atoms with Gasteiger partial charge >= 0.3 is 0 Å². The third kappa shape index (κ3) is 3.43. The molecule has 0 amide bonds. The maximum absolute atomic E-state index is 5.66. The van der Waals surface area contributed by atoms with Crippen molar-refractivity contribution < 1.29 is 9.57 Å². The fourth-order valence-electron chi connectivity index (χ4n) is 2.10. The number of rotatable bonds is 4. The average Bonchev–Trinajstić information content (AvgIpc) is 3.00. The van der Waals surface area contributed by atoms with E-state index in [-0.39, 0.29) is 5.60 Å². The normalized spacial score (nSPS) is 11.7. The predicted octanol–water partition coefficient (Wildman–Crippen LogP) is 3.55. The highest BCUT2D eigenvalue weighted by Crippen LogP contribution is 2.24. The van der Waals surface area contributed by atoms with Gasteiger partial charge in [0.15, 0.2) is 11.5 Å². The fraction of sp³-hybridized carbons (Fsp3) is 0.294. The van der Waals surface area contributed by atoms with Gasteiger partial charge in [-0.05, 0) is 45.0 Å². The number of fused-ring (bicyclic) bond motifs is 1. The molecule has 0 spiro atoms. The quantitative estimate of drug-likeness (QED) is 0.747. The van der Waals surface area contributed by atoms with Crippen LogP contribution in [0, 0.1) is 0 Å². The van der Waals surface area contributed by atoms with E-state index in [1.807, 2.05) is 57.2 Å². The van der Waals surface area contributed by atoms with Crippen LogP contribution in [0.2, 0.25) is 0 Å². The molecular weight excluding hydrogens is 292 g/mol. The third-order valence-corrected chi connectivity index (χ3v) is 3.21. The van der Waals surface area contributed by atoms with Gasteiger partial charge in [-0.2, -0.15) is 9.61 Å². The Balaban J connectivity index is 2.00. The number of nitrogens with zero attached hydrogens (tertiary/aromatic N) is 3. The standard InChI is InChI=1S/C17H20N4O2/c1-17(2,3)23-20-16-11-14(19-15-9-10-18-21(15)16)12-5-7-13(22-4)8-6-12/h5-11,20H,1-4H3. The van der Waals surface area contributed by atoms with Gasteiger partial charge in [-0.3, -0.25) is 4.84 Å². The summed E-state index contributed by atoms with van der Waals surface area (Å²) in [5.41, 5.74) is 5.24. The first kappa shape index (κ1) is 15.3. The Morgan fingerprint density at radius 3 is 2.48 bits per heavy atom. The molecule has 3 aromatic rings. The van der Waals surface area contributed by atoms with Crippen LogP contribution in [0.3, 0.4) is 0 Å². The van der Waals surface area contributed by atoms with Gasteiger partial charge in [-0.15, -0.1) is 0 Å². The summed E-state index contributed by atoms with van der Waals surface area (Å²) >= 11 is 0. The van der Waals surface area contributed by atoms with Gasteiger partial charge in [0.05, 0.1) is 24.6 Å². The molecule has 0 atom stereocenters. The van der Waals surface area contributed by atoms with E-state index in [9.17, 15) is 0 Å². The monoisotopic (exact) mass is 312 g/mol. The second-order valence-corrected chi connectivity index (χ2v) is 6.17. The van der Waals surface area contributed by atoms with E-state index in [0.29, 0.717) is 0 Å². The van der Waals surface area contributed by atoms with Gasteiger partial charge in [-0.1, -0.05) is 0 Å². The topological polar surface area (TPSA) is 60.7 Å². The molecule has 0 fully saturated rings. The van der Waals surface area contributed by atoms with Crippen LogP contribution in [-0.2, 0) is 4.84 Å². The molecule has 0 unspecified atom stereocenters. The van der Waals surface area contributed by atoms with Crippen molar-refractivity contribution in [1.82, 2.24) is 14.6 Å². The number of ether oxygens (including phenoxy) is 1. The van der Waals surface area contributed by atoms with Gasteiger partial charge < -0.3 is 4.74 Å². The summed E-state index contributed by atoms with van der Waals surface area (Å²) in [6.45, 7) is 5.93. The Bertz CT molecular complexity index is 804. The molecule has 1 aromatic carbocycles. The molecule has 6 heteroatoms. The zero-order valence-corrected chi connectivity index (χ0v) is 13.7. The molecule has 3 rings (SSSR count). The van der Waals surface area contributed by atoms with Crippen molar-refractivity contribution in [3.8, 4) is 17.0 Å². The summed E-state index contributed by atoms with van der Waals surface area (Å²) in [4.78, 5) is 10.3. The van der Waals surface area contributed by atoms with E-state index < -0.39 is 0 Å². The smallest absolute Gasteiger partial charge is 0.158 e. The molecule has 6 nitrogen and oxygen atoms in total. The van der Waals surface area contributed by atoms with Crippen LogP contribution in [0.1, 0.15) is 20.8 Å². The summed E-state index contributed by atoms with van der Waals surface area (Å²) < 4.78 is 6.90. The maximum Gasteiger partial charge on any atom is 0.158 e. The fourth-order valence-corrected chi connectivity index (χ4v) is 2.10. The lowest BCUT2D eigenvalue weighted by atomic mass is 10.1. The largest absolute Gasteiger partial charge is 0.497 e. The van der Waals surface area contributed by atoms with Gasteiger partial charge in [0.2, 0.25) is 0 Å². The van der Waals surface area contributed by atoms with Gasteiger partial charge in [0.1, 0.15) is 5.75 Å². The van der Waals surface area contributed by atoms with Gasteiger partial charge in [0, 0.05) is 17.7 Å². The molecule has 0 aliphatic carbocycles. The van der Waals surface area contributed by atoms with Crippen molar-refractivity contribution in [3.63, 3.8) is 0 Å². The first-order chi connectivity index (χ1) is 11.0. The molecule has 0 radical (unpaired) electrons. The molecule has 0 aliphatic heterocycles. The lowest BCUT2D eigenvalue weighted by Crippen LogP contribution is -2.24. The summed E-state index contributed by atoms with van der Waals surface area (Å²) in [5, 5.41) is 4.27. The van der Waals surface area contributed by atoms with Crippen molar-refractivity contribution >= 4 is 11.5 Å². The van der Waals surface area contributed by atoms with E-state index in [1.165, 1.54) is 0 Å². The van der Waals surface area contributed by atoms with Crippen molar-refractivity contribution in [2.75, 3.05) is 12.6 Å². The van der Waals surface area contributed by atoms with Crippen LogP contribution in [0.25, 0.3) is 16.9 Å². The Labute approximate surface area is 135 Å². The zero-order chi connectivity index (χ0) is 16.4. The lowest BCUT2D eigenvalue weighted by Gasteiger charge is -2.20. The number of benzene rings is 1. The van der Waals surface area contributed by atoms with Crippen LogP contribution in [0.4, 0.5) is 5.82 Å². The first-order valence-electron chi connectivity index (χ1n) is 7.39. The number of anilines is 1. The molecule has 0 saturated carbocycles. The van der Waals surface area contributed by atoms with Crippen molar-refractivity contribution in [1.29, 1.82) is 0 Å². The van der Waals surface area contributed by atoms with Crippen molar-refractivity contribution in [3.05, 3.63) is 42.6 Å². The molecule has 1 N–H and O–H groups in total. The number of hydrogen-bond donors (Lipinski definition) is 1. The molecular formula is C17H20N4O2. The summed E-state index contributed by atoms with van der Waals surface area (Å²) in [6.07, 6.45) is 1.71. The molecule has 120 valence electrons. The molecule has 2 heterocycles. The highest BCUT2D eigenvalue weighted by atomic mass is 16.7. The summed E-state index contributed by atoms with van der Waals surface area (Å²) in [6, 6.07) is 11.5. The minimum atomic E-state index is -0.316. The maximum atomic E-state index is 5.66. The number of methoxy groups -OCH3 is 1. The molecule has 2 aromatic heterocycles. The number of nitrogens with one attached hydrogen (secondary N) is 1. The third-order valence-electron chi connectivity index (χ3n) is 3.21.